The van der Waals surface area contributed by atoms with Crippen LogP contribution in [-0.2, 0) is 4.79 Å². The molecule has 0 saturated carbocycles. The van der Waals surface area contributed by atoms with Gasteiger partial charge in [-0.1, -0.05) is 0 Å². The van der Waals surface area contributed by atoms with E-state index in [0.717, 1.165) is 12.8 Å². The van der Waals surface area contributed by atoms with E-state index in [1.54, 1.807) is 34.1 Å². The molecule has 3 amide bonds. The van der Waals surface area contributed by atoms with E-state index in [1.807, 2.05) is 27.0 Å². The van der Waals surface area contributed by atoms with Crippen molar-refractivity contribution >= 4 is 17.6 Å². The topological polar surface area (TPSA) is 76.4 Å². The highest BCUT2D eigenvalue weighted by Gasteiger charge is 2.30. The van der Waals surface area contributed by atoms with E-state index in [9.17, 15) is 9.59 Å². The molecule has 0 bridgehead atoms. The number of piperidine rings is 1. The lowest BCUT2D eigenvalue weighted by molar-refractivity contribution is -0.137. The Morgan fingerprint density at radius 3 is 2.58 bits per heavy atom. The molecule has 6 heteroatoms. The molecular formula is C18H24N4O2. The maximum absolute atomic E-state index is 12.5. The van der Waals surface area contributed by atoms with Crippen LogP contribution in [0.25, 0.3) is 0 Å². The van der Waals surface area contributed by atoms with Crippen molar-refractivity contribution in [2.24, 2.45) is 5.92 Å². The molecule has 24 heavy (non-hydrogen) atoms. The summed E-state index contributed by atoms with van der Waals surface area (Å²) in [6, 6.07) is 8.73. The predicted octanol–water partition coefficient (Wildman–Crippen LogP) is 2.67. The SMILES string of the molecule is CC(C)N(C)C(=O)[C@H]1CCCN(C(=O)Nc2ccc(C#N)cc2)C1. The first kappa shape index (κ1) is 17.8. The summed E-state index contributed by atoms with van der Waals surface area (Å²) in [5, 5.41) is 11.6. The molecule has 1 aliphatic rings. The predicted molar refractivity (Wildman–Crippen MR) is 92.4 cm³/mol. The normalized spacial score (nSPS) is 17.3. The third kappa shape index (κ3) is 4.25. The van der Waals surface area contributed by atoms with Crippen LogP contribution < -0.4 is 5.32 Å². The van der Waals surface area contributed by atoms with Crippen LogP contribution in [0.2, 0.25) is 0 Å². The largest absolute Gasteiger partial charge is 0.343 e. The number of urea groups is 1. The van der Waals surface area contributed by atoms with Gasteiger partial charge in [0, 0.05) is 31.9 Å². The van der Waals surface area contributed by atoms with Crippen molar-refractivity contribution in [3.63, 3.8) is 0 Å². The number of carbonyl (C=O) groups excluding carboxylic acids is 2. The number of nitrogens with one attached hydrogen (secondary N) is 1. The van der Waals surface area contributed by atoms with Gasteiger partial charge in [-0.2, -0.15) is 5.26 Å². The highest BCUT2D eigenvalue weighted by molar-refractivity contribution is 5.90. The van der Waals surface area contributed by atoms with Crippen LogP contribution in [0.5, 0.6) is 0 Å². The lowest BCUT2D eigenvalue weighted by atomic mass is 9.96. The van der Waals surface area contributed by atoms with Crippen molar-refractivity contribution in [3.05, 3.63) is 29.8 Å². The highest BCUT2D eigenvalue weighted by Crippen LogP contribution is 2.20. The second-order valence-electron chi connectivity index (χ2n) is 6.45. The number of carbonyl (C=O) groups is 2. The fourth-order valence-electron chi connectivity index (χ4n) is 2.74. The van der Waals surface area contributed by atoms with Crippen LogP contribution >= 0.6 is 0 Å². The van der Waals surface area contributed by atoms with Crippen molar-refractivity contribution in [3.8, 4) is 6.07 Å². The Labute approximate surface area is 143 Å². The summed E-state index contributed by atoms with van der Waals surface area (Å²) in [6.07, 6.45) is 1.64. The number of rotatable bonds is 3. The molecule has 0 aliphatic carbocycles. The molecular weight excluding hydrogens is 304 g/mol. The van der Waals surface area contributed by atoms with Gasteiger partial charge in [-0.15, -0.1) is 0 Å². The van der Waals surface area contributed by atoms with Crippen LogP contribution in [0.15, 0.2) is 24.3 Å². The van der Waals surface area contributed by atoms with Crippen molar-refractivity contribution in [2.45, 2.75) is 32.7 Å². The third-order valence-corrected chi connectivity index (χ3v) is 4.45. The van der Waals surface area contributed by atoms with Crippen molar-refractivity contribution in [2.75, 3.05) is 25.5 Å². The van der Waals surface area contributed by atoms with Gasteiger partial charge in [0.15, 0.2) is 0 Å². The summed E-state index contributed by atoms with van der Waals surface area (Å²) < 4.78 is 0. The number of hydrogen-bond donors (Lipinski definition) is 1. The standard InChI is InChI=1S/C18H24N4O2/c1-13(2)21(3)17(23)15-5-4-10-22(12-15)18(24)20-16-8-6-14(11-19)7-9-16/h6-9,13,15H,4-5,10,12H2,1-3H3,(H,20,24)/t15-/m0/s1. The summed E-state index contributed by atoms with van der Waals surface area (Å²) in [7, 11) is 1.81. The van der Waals surface area contributed by atoms with Crippen LogP contribution in [0.4, 0.5) is 10.5 Å². The zero-order chi connectivity index (χ0) is 17.7. The highest BCUT2D eigenvalue weighted by atomic mass is 16.2. The molecule has 1 aromatic carbocycles. The van der Waals surface area contributed by atoms with Gasteiger partial charge in [0.1, 0.15) is 0 Å². The second-order valence-corrected chi connectivity index (χ2v) is 6.45. The van der Waals surface area contributed by atoms with E-state index >= 15 is 0 Å². The Hall–Kier alpha value is -2.55. The van der Waals surface area contributed by atoms with Crippen LogP contribution in [0.3, 0.4) is 0 Å². The zero-order valence-electron chi connectivity index (χ0n) is 14.5. The fraction of sp³-hybridized carbons (Fsp3) is 0.500. The number of nitriles is 1. The Kier molecular flexibility index (Phi) is 5.80. The molecule has 6 nitrogen and oxygen atoms in total. The minimum Gasteiger partial charge on any atom is -0.343 e. The first-order valence-electron chi connectivity index (χ1n) is 8.25. The lowest BCUT2D eigenvalue weighted by Gasteiger charge is -2.35. The number of hydrogen-bond acceptors (Lipinski definition) is 3. The van der Waals surface area contributed by atoms with Gasteiger partial charge in [0.2, 0.25) is 5.91 Å². The molecule has 128 valence electrons. The smallest absolute Gasteiger partial charge is 0.321 e. The average Bonchev–Trinajstić information content (AvgIpc) is 2.61. The maximum Gasteiger partial charge on any atom is 0.321 e. The third-order valence-electron chi connectivity index (χ3n) is 4.45. The van der Waals surface area contributed by atoms with Gasteiger partial charge in [-0.25, -0.2) is 4.79 Å². The van der Waals surface area contributed by atoms with Crippen molar-refractivity contribution < 1.29 is 9.59 Å². The summed E-state index contributed by atoms with van der Waals surface area (Å²) in [5.41, 5.74) is 1.19. The number of nitrogens with zero attached hydrogens (tertiary/aromatic N) is 3. The van der Waals surface area contributed by atoms with E-state index in [0.29, 0.717) is 24.3 Å². The first-order valence-corrected chi connectivity index (χ1v) is 8.25. The molecule has 0 aromatic heterocycles. The molecule has 0 radical (unpaired) electrons. The molecule has 0 unspecified atom stereocenters. The molecule has 1 fully saturated rings. The second kappa shape index (κ2) is 7.82. The summed E-state index contributed by atoms with van der Waals surface area (Å²) in [6.45, 7) is 5.06. The summed E-state index contributed by atoms with van der Waals surface area (Å²) >= 11 is 0. The zero-order valence-corrected chi connectivity index (χ0v) is 14.5. The number of benzene rings is 1. The van der Waals surface area contributed by atoms with Gasteiger partial charge in [0.05, 0.1) is 17.6 Å². The van der Waals surface area contributed by atoms with E-state index in [4.69, 9.17) is 5.26 Å². The number of anilines is 1. The molecule has 1 aliphatic heterocycles. The minimum absolute atomic E-state index is 0.0980. The monoisotopic (exact) mass is 328 g/mol. The van der Waals surface area contributed by atoms with E-state index in [-0.39, 0.29) is 23.9 Å². The van der Waals surface area contributed by atoms with Crippen molar-refractivity contribution in [1.82, 2.24) is 9.80 Å². The fourth-order valence-corrected chi connectivity index (χ4v) is 2.74. The van der Waals surface area contributed by atoms with Gasteiger partial charge in [-0.3, -0.25) is 4.79 Å². The quantitative estimate of drug-likeness (QED) is 0.927. The van der Waals surface area contributed by atoms with E-state index < -0.39 is 0 Å². The average molecular weight is 328 g/mol. The molecule has 2 rings (SSSR count). The molecule has 1 atom stereocenters. The maximum atomic E-state index is 12.5. The lowest BCUT2D eigenvalue weighted by Crippen LogP contribution is -2.48. The van der Waals surface area contributed by atoms with E-state index in [2.05, 4.69) is 5.32 Å². The van der Waals surface area contributed by atoms with Crippen LogP contribution in [0.1, 0.15) is 32.3 Å². The van der Waals surface area contributed by atoms with Crippen molar-refractivity contribution in [1.29, 1.82) is 5.26 Å². The van der Waals surface area contributed by atoms with Crippen LogP contribution in [-0.4, -0.2) is 47.9 Å². The van der Waals surface area contributed by atoms with Gasteiger partial charge in [0.25, 0.3) is 0 Å². The van der Waals surface area contributed by atoms with Gasteiger partial charge < -0.3 is 15.1 Å². The Bertz CT molecular complexity index is 633. The molecule has 1 heterocycles. The molecule has 1 N–H and O–H groups in total. The van der Waals surface area contributed by atoms with Gasteiger partial charge in [-0.05, 0) is 51.0 Å². The number of likely N-dealkylation sites (tertiary alicyclic amines) is 1. The van der Waals surface area contributed by atoms with Gasteiger partial charge >= 0.3 is 6.03 Å². The molecule has 1 saturated heterocycles. The summed E-state index contributed by atoms with van der Waals surface area (Å²) in [5.74, 6) is -0.0428. The first-order chi connectivity index (χ1) is 11.4. The Balaban J connectivity index is 1.97. The van der Waals surface area contributed by atoms with Crippen LogP contribution in [0, 0.1) is 17.2 Å². The molecule has 0 spiro atoms. The van der Waals surface area contributed by atoms with E-state index in [1.165, 1.54) is 0 Å². The number of amides is 3. The Morgan fingerprint density at radius 2 is 2.00 bits per heavy atom. The Morgan fingerprint density at radius 1 is 1.33 bits per heavy atom. The minimum atomic E-state index is -0.204. The molecule has 1 aromatic rings. The summed E-state index contributed by atoms with van der Waals surface area (Å²) in [4.78, 5) is 28.3.